The summed E-state index contributed by atoms with van der Waals surface area (Å²) in [6, 6.07) is 6.81. The summed E-state index contributed by atoms with van der Waals surface area (Å²) in [5, 5.41) is 3.50. The zero-order chi connectivity index (χ0) is 13.8. The molecule has 1 N–H and O–H groups in total. The third kappa shape index (κ3) is 5.92. The van der Waals surface area contributed by atoms with Crippen molar-refractivity contribution in [1.29, 1.82) is 0 Å². The van der Waals surface area contributed by atoms with Gasteiger partial charge in [-0.2, -0.15) is 0 Å². The van der Waals surface area contributed by atoms with E-state index >= 15 is 0 Å². The van der Waals surface area contributed by atoms with Crippen molar-refractivity contribution in [3.05, 3.63) is 29.3 Å². The van der Waals surface area contributed by atoms with Crippen LogP contribution in [-0.4, -0.2) is 11.3 Å². The molecule has 1 aromatic carbocycles. The van der Waals surface area contributed by atoms with Crippen LogP contribution in [-0.2, 0) is 6.54 Å². The van der Waals surface area contributed by atoms with Crippen molar-refractivity contribution in [3.63, 3.8) is 0 Å². The number of hydrogen-bond donors (Lipinski definition) is 1. The highest BCUT2D eigenvalue weighted by Gasteiger charge is 2.12. The van der Waals surface area contributed by atoms with Gasteiger partial charge < -0.3 is 5.32 Å². The Bertz CT molecular complexity index is 377. The quantitative estimate of drug-likeness (QED) is 0.779. The van der Waals surface area contributed by atoms with Gasteiger partial charge >= 0.3 is 0 Å². The van der Waals surface area contributed by atoms with E-state index in [1.54, 1.807) is 0 Å². The number of nitrogens with one attached hydrogen (secondary N) is 1. The van der Waals surface area contributed by atoms with Gasteiger partial charge in [0, 0.05) is 16.2 Å². The first kappa shape index (κ1) is 15.6. The largest absolute Gasteiger partial charge is 0.312 e. The third-order valence-corrected chi connectivity index (χ3v) is 3.71. The van der Waals surface area contributed by atoms with Crippen molar-refractivity contribution in [3.8, 4) is 0 Å². The van der Waals surface area contributed by atoms with Gasteiger partial charge in [0.1, 0.15) is 0 Å². The van der Waals surface area contributed by atoms with Crippen LogP contribution in [0, 0.1) is 12.8 Å². The molecule has 0 aliphatic rings. The smallest absolute Gasteiger partial charge is 0.0208 e. The van der Waals surface area contributed by atoms with Crippen LogP contribution in [0.5, 0.6) is 0 Å². The molecule has 0 fully saturated rings. The SMILES string of the molecule is Cc1cc(SC(C)(C)C)ccc1CNCC(C)C. The fraction of sp³-hybridized carbons (Fsp3) is 0.625. The Morgan fingerprint density at radius 2 is 1.89 bits per heavy atom. The van der Waals surface area contributed by atoms with E-state index in [1.165, 1.54) is 16.0 Å². The molecule has 0 saturated heterocycles. The van der Waals surface area contributed by atoms with Crippen LogP contribution in [0.25, 0.3) is 0 Å². The Labute approximate surface area is 117 Å². The predicted molar refractivity (Wildman–Crippen MR) is 83.3 cm³/mol. The summed E-state index contributed by atoms with van der Waals surface area (Å²) in [5.74, 6) is 0.709. The number of rotatable bonds is 5. The van der Waals surface area contributed by atoms with E-state index in [4.69, 9.17) is 0 Å². The average molecular weight is 265 g/mol. The van der Waals surface area contributed by atoms with Crippen LogP contribution in [0.1, 0.15) is 45.7 Å². The molecule has 0 spiro atoms. The monoisotopic (exact) mass is 265 g/mol. The molecule has 0 bridgehead atoms. The van der Waals surface area contributed by atoms with E-state index in [9.17, 15) is 0 Å². The Balaban J connectivity index is 2.62. The molecule has 0 heterocycles. The molecular formula is C16H27NS. The second-order valence-electron chi connectivity index (χ2n) is 6.33. The Hall–Kier alpha value is -0.470. The van der Waals surface area contributed by atoms with Crippen molar-refractivity contribution in [2.24, 2.45) is 5.92 Å². The summed E-state index contributed by atoms with van der Waals surface area (Å²) in [6.07, 6.45) is 0. The molecule has 0 atom stereocenters. The van der Waals surface area contributed by atoms with Gasteiger partial charge in [0.05, 0.1) is 0 Å². The third-order valence-electron chi connectivity index (χ3n) is 2.61. The molecule has 2 heteroatoms. The maximum absolute atomic E-state index is 3.50. The van der Waals surface area contributed by atoms with Gasteiger partial charge in [-0.3, -0.25) is 0 Å². The van der Waals surface area contributed by atoms with Crippen LogP contribution in [0.3, 0.4) is 0 Å². The number of benzene rings is 1. The molecule has 0 aliphatic heterocycles. The number of hydrogen-bond acceptors (Lipinski definition) is 2. The van der Waals surface area contributed by atoms with Crippen molar-refractivity contribution in [2.75, 3.05) is 6.54 Å². The highest BCUT2D eigenvalue weighted by molar-refractivity contribution is 8.00. The van der Waals surface area contributed by atoms with Crippen LogP contribution < -0.4 is 5.32 Å². The molecular weight excluding hydrogens is 238 g/mol. The van der Waals surface area contributed by atoms with Crippen molar-refractivity contribution in [1.82, 2.24) is 5.32 Å². The Morgan fingerprint density at radius 3 is 2.39 bits per heavy atom. The molecule has 0 aromatic heterocycles. The molecule has 1 rings (SSSR count). The molecule has 102 valence electrons. The molecule has 0 amide bonds. The lowest BCUT2D eigenvalue weighted by molar-refractivity contribution is 0.551. The maximum atomic E-state index is 3.50. The van der Waals surface area contributed by atoms with Crippen molar-refractivity contribution >= 4 is 11.8 Å². The van der Waals surface area contributed by atoms with Crippen LogP contribution in [0.15, 0.2) is 23.1 Å². The van der Waals surface area contributed by atoms with Crippen LogP contribution in [0.2, 0.25) is 0 Å². The Morgan fingerprint density at radius 1 is 1.22 bits per heavy atom. The first-order chi connectivity index (χ1) is 8.28. The Kier molecular flexibility index (Phi) is 5.74. The minimum atomic E-state index is 0.282. The molecule has 0 unspecified atom stereocenters. The van der Waals surface area contributed by atoms with E-state index in [2.05, 4.69) is 65.1 Å². The minimum absolute atomic E-state index is 0.282. The van der Waals surface area contributed by atoms with E-state index in [0.717, 1.165) is 13.1 Å². The van der Waals surface area contributed by atoms with Gasteiger partial charge in [-0.1, -0.05) is 40.7 Å². The molecule has 0 aliphatic carbocycles. The van der Waals surface area contributed by atoms with Crippen molar-refractivity contribution < 1.29 is 0 Å². The van der Waals surface area contributed by atoms with E-state index in [-0.39, 0.29) is 4.75 Å². The van der Waals surface area contributed by atoms with Gasteiger partial charge in [-0.15, -0.1) is 11.8 Å². The van der Waals surface area contributed by atoms with E-state index in [1.807, 2.05) is 11.8 Å². The van der Waals surface area contributed by atoms with Crippen LogP contribution in [0.4, 0.5) is 0 Å². The summed E-state index contributed by atoms with van der Waals surface area (Å²) in [4.78, 5) is 1.37. The molecule has 0 saturated carbocycles. The summed E-state index contributed by atoms with van der Waals surface area (Å²) in [5.41, 5.74) is 2.80. The van der Waals surface area contributed by atoms with Gasteiger partial charge in [-0.25, -0.2) is 0 Å². The zero-order valence-electron chi connectivity index (χ0n) is 12.6. The topological polar surface area (TPSA) is 12.0 Å². The average Bonchev–Trinajstić information content (AvgIpc) is 2.18. The molecule has 0 radical (unpaired) electrons. The van der Waals surface area contributed by atoms with E-state index < -0.39 is 0 Å². The van der Waals surface area contributed by atoms with Gasteiger partial charge in [-0.05, 0) is 42.6 Å². The normalized spacial score (nSPS) is 12.2. The molecule has 1 nitrogen and oxygen atoms in total. The fourth-order valence-electron chi connectivity index (χ4n) is 1.78. The second kappa shape index (κ2) is 6.63. The van der Waals surface area contributed by atoms with Gasteiger partial charge in [0.25, 0.3) is 0 Å². The fourth-order valence-corrected chi connectivity index (χ4v) is 2.86. The number of thioether (sulfide) groups is 1. The molecule has 1 aromatic rings. The first-order valence-corrected chi connectivity index (χ1v) is 7.59. The predicted octanol–water partition coefficient (Wildman–Crippen LogP) is 4.63. The van der Waals surface area contributed by atoms with Crippen LogP contribution >= 0.6 is 11.8 Å². The van der Waals surface area contributed by atoms with E-state index in [0.29, 0.717) is 5.92 Å². The zero-order valence-corrected chi connectivity index (χ0v) is 13.4. The molecule has 18 heavy (non-hydrogen) atoms. The highest BCUT2D eigenvalue weighted by atomic mass is 32.2. The lowest BCUT2D eigenvalue weighted by Crippen LogP contribution is -2.19. The lowest BCUT2D eigenvalue weighted by atomic mass is 10.1. The first-order valence-electron chi connectivity index (χ1n) is 6.77. The minimum Gasteiger partial charge on any atom is -0.312 e. The van der Waals surface area contributed by atoms with Crippen molar-refractivity contribution in [2.45, 2.75) is 57.7 Å². The van der Waals surface area contributed by atoms with Gasteiger partial charge in [0.2, 0.25) is 0 Å². The summed E-state index contributed by atoms with van der Waals surface area (Å²) in [7, 11) is 0. The summed E-state index contributed by atoms with van der Waals surface area (Å²) < 4.78 is 0.282. The van der Waals surface area contributed by atoms with Gasteiger partial charge in [0.15, 0.2) is 0 Å². The number of aryl methyl sites for hydroxylation is 1. The maximum Gasteiger partial charge on any atom is 0.0208 e. The summed E-state index contributed by atoms with van der Waals surface area (Å²) >= 11 is 1.93. The standard InChI is InChI=1S/C16H27NS/c1-12(2)10-17-11-14-7-8-15(9-13(14)3)18-16(4,5)6/h7-9,12,17H,10-11H2,1-6H3. The second-order valence-corrected chi connectivity index (χ2v) is 8.23. The highest BCUT2D eigenvalue weighted by Crippen LogP contribution is 2.32. The lowest BCUT2D eigenvalue weighted by Gasteiger charge is -2.18. The summed E-state index contributed by atoms with van der Waals surface area (Å²) in [6.45, 7) is 15.5.